The van der Waals surface area contributed by atoms with E-state index in [1.165, 1.54) is 48.5 Å². The maximum absolute atomic E-state index is 10.9. The number of aliphatic hydroxyl groups excluding tert-OH is 3. The van der Waals surface area contributed by atoms with Crippen LogP contribution in [0.4, 0.5) is 11.4 Å². The summed E-state index contributed by atoms with van der Waals surface area (Å²) in [6, 6.07) is 18.3. The van der Waals surface area contributed by atoms with E-state index in [1.54, 1.807) is 11.0 Å². The Balaban J connectivity index is 1.71. The Morgan fingerprint density at radius 2 is 1.22 bits per heavy atom. The van der Waals surface area contributed by atoms with Crippen LogP contribution in [0.25, 0.3) is 0 Å². The Morgan fingerprint density at radius 1 is 0.757 bits per heavy atom. The van der Waals surface area contributed by atoms with Gasteiger partial charge in [-0.2, -0.15) is 0 Å². The molecule has 11 nitrogen and oxygen atoms in total. The van der Waals surface area contributed by atoms with Gasteiger partial charge in [-0.3, -0.25) is 25.1 Å². The van der Waals surface area contributed by atoms with E-state index in [-0.39, 0.29) is 37.6 Å². The topological polar surface area (TPSA) is 159 Å². The van der Waals surface area contributed by atoms with Crippen LogP contribution >= 0.6 is 0 Å². The van der Waals surface area contributed by atoms with Crippen LogP contribution in [0.15, 0.2) is 72.8 Å². The van der Waals surface area contributed by atoms with E-state index in [2.05, 4.69) is 0 Å². The molecule has 0 radical (unpaired) electrons. The number of nitrogens with zero attached hydrogens (tertiary/aromatic N) is 3. The van der Waals surface area contributed by atoms with Crippen molar-refractivity contribution in [2.24, 2.45) is 0 Å². The molecule has 3 atom stereocenters. The third-order valence-corrected chi connectivity index (χ3v) is 5.83. The third kappa shape index (κ3) is 8.05. The first-order valence-corrected chi connectivity index (χ1v) is 11.6. The maximum atomic E-state index is 10.9. The van der Waals surface area contributed by atoms with Crippen molar-refractivity contribution in [3.63, 3.8) is 0 Å². The van der Waals surface area contributed by atoms with Crippen molar-refractivity contribution in [2.45, 2.75) is 25.2 Å². The summed E-state index contributed by atoms with van der Waals surface area (Å²) in [4.78, 5) is 22.4. The Morgan fingerprint density at radius 3 is 1.65 bits per heavy atom. The van der Waals surface area contributed by atoms with Crippen LogP contribution in [0, 0.1) is 27.2 Å². The highest BCUT2D eigenvalue weighted by atomic mass is 16.6. The smallest absolute Gasteiger partial charge is 0.269 e. The zero-order valence-electron chi connectivity index (χ0n) is 20.2. The van der Waals surface area contributed by atoms with Gasteiger partial charge in [-0.25, -0.2) is 0 Å². The number of rotatable bonds is 13. The molecule has 3 aromatic rings. The van der Waals surface area contributed by atoms with Crippen LogP contribution in [0.5, 0.6) is 5.75 Å². The number of benzene rings is 3. The van der Waals surface area contributed by atoms with Gasteiger partial charge in [0.25, 0.3) is 11.4 Å². The third-order valence-electron chi connectivity index (χ3n) is 5.83. The lowest BCUT2D eigenvalue weighted by atomic mass is 10.1. The molecular weight excluding hydrogens is 482 g/mol. The summed E-state index contributed by atoms with van der Waals surface area (Å²) in [7, 11) is 0. The Bertz CT molecular complexity index is 1120. The van der Waals surface area contributed by atoms with E-state index in [9.17, 15) is 35.5 Å². The molecule has 0 unspecified atom stereocenters. The van der Waals surface area contributed by atoms with Crippen LogP contribution in [0.2, 0.25) is 0 Å². The molecule has 0 spiro atoms. The van der Waals surface area contributed by atoms with Crippen molar-refractivity contribution >= 4 is 11.4 Å². The highest BCUT2D eigenvalue weighted by Crippen LogP contribution is 2.23. The molecule has 0 aliphatic rings. The molecule has 0 aliphatic carbocycles. The number of aliphatic hydroxyl groups is 3. The first-order chi connectivity index (χ1) is 17.6. The number of non-ortho nitro benzene ring substituents is 2. The summed E-state index contributed by atoms with van der Waals surface area (Å²) in [6.07, 6.45) is -3.09. The lowest BCUT2D eigenvalue weighted by molar-refractivity contribution is -0.385. The molecule has 3 rings (SSSR count). The molecular formula is C26H29N3O8. The quantitative estimate of drug-likeness (QED) is 0.231. The van der Waals surface area contributed by atoms with Gasteiger partial charge in [0.05, 0.1) is 22.1 Å². The van der Waals surface area contributed by atoms with E-state index in [1.807, 2.05) is 25.1 Å². The highest BCUT2D eigenvalue weighted by Gasteiger charge is 2.22. The molecule has 37 heavy (non-hydrogen) atoms. The molecule has 0 bridgehead atoms. The minimum absolute atomic E-state index is 0.00325. The average Bonchev–Trinajstić information content (AvgIpc) is 2.88. The van der Waals surface area contributed by atoms with Gasteiger partial charge < -0.3 is 20.1 Å². The molecule has 0 heterocycles. The van der Waals surface area contributed by atoms with Gasteiger partial charge in [0.1, 0.15) is 18.5 Å². The lowest BCUT2D eigenvalue weighted by Crippen LogP contribution is -2.40. The number of aryl methyl sites for hydroxylation is 1. The molecule has 0 aliphatic heterocycles. The van der Waals surface area contributed by atoms with Gasteiger partial charge in [-0.05, 0) is 53.9 Å². The van der Waals surface area contributed by atoms with Crippen LogP contribution in [0.3, 0.4) is 0 Å². The summed E-state index contributed by atoms with van der Waals surface area (Å²) in [5.41, 5.74) is 1.57. The summed E-state index contributed by atoms with van der Waals surface area (Å²) in [5, 5.41) is 54.0. The standard InChI is InChI=1S/C26H29N3O8/c1-18-4-2-3-5-26(18)37-17-23(30)14-27(15-24(31)19-6-10-21(11-7-19)28(33)34)16-25(32)20-8-12-22(13-9-20)29(35)36/h2-13,23-25,30-32H,14-17H2,1H3/t23-,24-,25-/m0/s1. The molecule has 0 amide bonds. The Hall–Kier alpha value is -3.90. The number of nitro benzene ring substituents is 2. The van der Waals surface area contributed by atoms with Gasteiger partial charge >= 0.3 is 0 Å². The van der Waals surface area contributed by atoms with Crippen LogP contribution in [-0.2, 0) is 0 Å². The molecule has 0 fully saturated rings. The SMILES string of the molecule is Cc1ccccc1OC[C@@H](O)CN(C[C@H](O)c1ccc([N+](=O)[O-])cc1)C[C@H](O)c1ccc([N+](=O)[O-])cc1. The highest BCUT2D eigenvalue weighted by molar-refractivity contribution is 5.35. The van der Waals surface area contributed by atoms with E-state index in [0.29, 0.717) is 16.9 Å². The second-order valence-electron chi connectivity index (χ2n) is 8.68. The fourth-order valence-electron chi connectivity index (χ4n) is 3.82. The predicted octanol–water partition coefficient (Wildman–Crippen LogP) is 3.32. The number of hydrogen-bond acceptors (Lipinski definition) is 9. The van der Waals surface area contributed by atoms with Crippen molar-refractivity contribution in [3.8, 4) is 5.75 Å². The van der Waals surface area contributed by atoms with Gasteiger partial charge in [0.2, 0.25) is 0 Å². The van der Waals surface area contributed by atoms with E-state index in [0.717, 1.165) is 5.56 Å². The van der Waals surface area contributed by atoms with Crippen molar-refractivity contribution in [3.05, 3.63) is 110 Å². The van der Waals surface area contributed by atoms with E-state index >= 15 is 0 Å². The molecule has 0 saturated heterocycles. The van der Waals surface area contributed by atoms with Crippen LogP contribution in [-0.4, -0.2) is 62.4 Å². The predicted molar refractivity (Wildman–Crippen MR) is 135 cm³/mol. The number of hydrogen-bond donors (Lipinski definition) is 3. The minimum Gasteiger partial charge on any atom is -0.491 e. The van der Waals surface area contributed by atoms with E-state index < -0.39 is 28.2 Å². The number of nitro groups is 2. The normalized spacial score (nSPS) is 13.6. The van der Waals surface area contributed by atoms with Crippen molar-refractivity contribution in [1.29, 1.82) is 0 Å². The molecule has 3 N–H and O–H groups in total. The largest absolute Gasteiger partial charge is 0.491 e. The first kappa shape index (κ1) is 27.7. The second-order valence-corrected chi connectivity index (χ2v) is 8.68. The fraction of sp³-hybridized carbons (Fsp3) is 0.308. The Labute approximate surface area is 213 Å². The van der Waals surface area contributed by atoms with Gasteiger partial charge in [0, 0.05) is 43.9 Å². The average molecular weight is 512 g/mol. The van der Waals surface area contributed by atoms with Crippen molar-refractivity contribution < 1.29 is 29.9 Å². The number of para-hydroxylation sites is 1. The fourth-order valence-corrected chi connectivity index (χ4v) is 3.82. The Kier molecular flexibility index (Phi) is 9.64. The summed E-state index contributed by atoms with van der Waals surface area (Å²) in [6.45, 7) is 1.91. The van der Waals surface area contributed by atoms with Gasteiger partial charge in [-0.15, -0.1) is 0 Å². The van der Waals surface area contributed by atoms with E-state index in [4.69, 9.17) is 4.74 Å². The van der Waals surface area contributed by atoms with Crippen molar-refractivity contribution in [1.82, 2.24) is 4.90 Å². The molecule has 0 saturated carbocycles. The van der Waals surface area contributed by atoms with Crippen LogP contribution < -0.4 is 4.74 Å². The maximum Gasteiger partial charge on any atom is 0.269 e. The van der Waals surface area contributed by atoms with Crippen molar-refractivity contribution in [2.75, 3.05) is 26.2 Å². The zero-order valence-corrected chi connectivity index (χ0v) is 20.2. The first-order valence-electron chi connectivity index (χ1n) is 11.6. The number of ether oxygens (including phenoxy) is 1. The molecule has 11 heteroatoms. The van der Waals surface area contributed by atoms with Crippen LogP contribution in [0.1, 0.15) is 28.9 Å². The van der Waals surface area contributed by atoms with Gasteiger partial charge in [0.15, 0.2) is 0 Å². The molecule has 3 aromatic carbocycles. The second kappa shape index (κ2) is 12.9. The van der Waals surface area contributed by atoms with Gasteiger partial charge in [-0.1, -0.05) is 18.2 Å². The molecule has 196 valence electrons. The molecule has 0 aromatic heterocycles. The minimum atomic E-state index is -1.06. The lowest BCUT2D eigenvalue weighted by Gasteiger charge is -2.29. The zero-order chi connectivity index (χ0) is 26.9. The summed E-state index contributed by atoms with van der Waals surface area (Å²) >= 11 is 0. The summed E-state index contributed by atoms with van der Waals surface area (Å²) < 4.78 is 5.72. The summed E-state index contributed by atoms with van der Waals surface area (Å²) in [5.74, 6) is 0.630. The monoisotopic (exact) mass is 511 g/mol.